The van der Waals surface area contributed by atoms with Gasteiger partial charge in [0.1, 0.15) is 0 Å². The summed E-state index contributed by atoms with van der Waals surface area (Å²) in [6.45, 7) is 0.638. The van der Waals surface area contributed by atoms with E-state index < -0.39 is 0 Å². The van der Waals surface area contributed by atoms with Crippen LogP contribution in [0.15, 0.2) is 22.0 Å². The molecule has 1 amide bonds. The third kappa shape index (κ3) is 4.17. The number of nitrogens with two attached hydrogens (primary N) is 1. The Balaban J connectivity index is 1.49. The molecule has 7 heteroatoms. The van der Waals surface area contributed by atoms with Crippen LogP contribution in [0, 0.1) is 5.92 Å². The number of carbonyl (C=O) groups is 1. The fraction of sp³-hybridized carbons (Fsp3) is 0.562. The van der Waals surface area contributed by atoms with E-state index in [0.717, 1.165) is 24.1 Å². The molecular weight excluding hydrogens is 312 g/mol. The quantitative estimate of drug-likeness (QED) is 0.846. The maximum absolute atomic E-state index is 12.1. The molecule has 3 N–H and O–H groups in total. The van der Waals surface area contributed by atoms with Crippen LogP contribution in [0.3, 0.4) is 0 Å². The number of carbonyl (C=O) groups excluding carboxylic acids is 1. The van der Waals surface area contributed by atoms with E-state index in [2.05, 4.69) is 15.5 Å². The number of amides is 1. The van der Waals surface area contributed by atoms with Crippen molar-refractivity contribution >= 4 is 17.2 Å². The summed E-state index contributed by atoms with van der Waals surface area (Å²) in [5.41, 5.74) is 5.80. The minimum Gasteiger partial charge on any atom is -0.353 e. The molecule has 1 saturated carbocycles. The van der Waals surface area contributed by atoms with E-state index in [0.29, 0.717) is 37.0 Å². The highest BCUT2D eigenvalue weighted by Gasteiger charge is 2.25. The zero-order valence-electron chi connectivity index (χ0n) is 13.0. The van der Waals surface area contributed by atoms with Gasteiger partial charge in [0.15, 0.2) is 0 Å². The Morgan fingerprint density at radius 2 is 2.30 bits per heavy atom. The highest BCUT2D eigenvalue weighted by Crippen LogP contribution is 2.24. The Kier molecular flexibility index (Phi) is 5.40. The van der Waals surface area contributed by atoms with Crippen molar-refractivity contribution < 1.29 is 9.32 Å². The van der Waals surface area contributed by atoms with E-state index in [4.69, 9.17) is 10.3 Å². The predicted molar refractivity (Wildman–Crippen MR) is 88.9 cm³/mol. The lowest BCUT2D eigenvalue weighted by molar-refractivity contribution is -0.122. The first-order chi connectivity index (χ1) is 11.3. The van der Waals surface area contributed by atoms with Crippen molar-refractivity contribution in [2.24, 2.45) is 11.7 Å². The van der Waals surface area contributed by atoms with Crippen LogP contribution >= 0.6 is 11.3 Å². The minimum absolute atomic E-state index is 0.0335. The second kappa shape index (κ2) is 7.70. The summed E-state index contributed by atoms with van der Waals surface area (Å²) in [6, 6.07) is 4.11. The van der Waals surface area contributed by atoms with Gasteiger partial charge in [0.2, 0.25) is 17.6 Å². The number of nitrogens with zero attached hydrogens (tertiary/aromatic N) is 2. The van der Waals surface area contributed by atoms with Gasteiger partial charge in [-0.15, -0.1) is 11.3 Å². The molecule has 0 saturated heterocycles. The molecule has 2 aromatic rings. The number of hydrogen-bond acceptors (Lipinski definition) is 6. The predicted octanol–water partition coefficient (Wildman–Crippen LogP) is 2.36. The van der Waals surface area contributed by atoms with Gasteiger partial charge in [-0.1, -0.05) is 24.1 Å². The summed E-state index contributed by atoms with van der Waals surface area (Å²) in [5, 5.41) is 9.04. The fourth-order valence-corrected chi connectivity index (χ4v) is 3.69. The van der Waals surface area contributed by atoms with E-state index in [1.165, 1.54) is 6.42 Å². The van der Waals surface area contributed by atoms with E-state index in [1.54, 1.807) is 11.3 Å². The van der Waals surface area contributed by atoms with Crippen molar-refractivity contribution in [3.05, 3.63) is 23.4 Å². The molecule has 3 rings (SSSR count). The highest BCUT2D eigenvalue weighted by molar-refractivity contribution is 7.13. The first-order valence-electron chi connectivity index (χ1n) is 8.12. The van der Waals surface area contributed by atoms with E-state index in [1.807, 2.05) is 17.5 Å². The molecule has 23 heavy (non-hydrogen) atoms. The molecule has 2 atom stereocenters. The van der Waals surface area contributed by atoms with Crippen LogP contribution in [0.5, 0.6) is 0 Å². The zero-order chi connectivity index (χ0) is 16.1. The summed E-state index contributed by atoms with van der Waals surface area (Å²) >= 11 is 1.56. The topological polar surface area (TPSA) is 94.0 Å². The molecule has 1 aliphatic carbocycles. The summed E-state index contributed by atoms with van der Waals surface area (Å²) in [4.78, 5) is 17.4. The van der Waals surface area contributed by atoms with Gasteiger partial charge in [0.25, 0.3) is 0 Å². The smallest absolute Gasteiger partial charge is 0.227 e. The van der Waals surface area contributed by atoms with Crippen molar-refractivity contribution in [3.8, 4) is 10.7 Å². The van der Waals surface area contributed by atoms with Gasteiger partial charge in [-0.3, -0.25) is 4.79 Å². The number of nitrogens with one attached hydrogen (secondary N) is 1. The normalized spacial score (nSPS) is 21.3. The van der Waals surface area contributed by atoms with E-state index in [9.17, 15) is 4.79 Å². The highest BCUT2D eigenvalue weighted by atomic mass is 32.1. The van der Waals surface area contributed by atoms with Crippen molar-refractivity contribution in [2.45, 2.75) is 44.6 Å². The van der Waals surface area contributed by atoms with Crippen LogP contribution in [-0.4, -0.2) is 28.6 Å². The van der Waals surface area contributed by atoms with Crippen molar-refractivity contribution in [1.82, 2.24) is 15.5 Å². The molecule has 0 spiro atoms. The maximum atomic E-state index is 12.1. The third-order valence-corrected chi connectivity index (χ3v) is 5.20. The Hall–Kier alpha value is -1.73. The van der Waals surface area contributed by atoms with Crippen LogP contribution < -0.4 is 11.1 Å². The number of aryl methyl sites for hydroxylation is 1. The SMILES string of the molecule is NCC1CCCCC1NC(=O)CCc1nc(-c2cccs2)no1. The maximum Gasteiger partial charge on any atom is 0.227 e. The molecule has 6 nitrogen and oxygen atoms in total. The number of hydrogen-bond donors (Lipinski definition) is 2. The molecule has 2 aromatic heterocycles. The lowest BCUT2D eigenvalue weighted by atomic mass is 9.84. The van der Waals surface area contributed by atoms with E-state index >= 15 is 0 Å². The number of rotatable bonds is 6. The van der Waals surface area contributed by atoms with Crippen LogP contribution in [0.25, 0.3) is 10.7 Å². The summed E-state index contributed by atoms with van der Waals surface area (Å²) in [6.07, 6.45) is 5.33. The second-order valence-corrected chi connectivity index (χ2v) is 6.89. The van der Waals surface area contributed by atoms with Crippen LogP contribution in [-0.2, 0) is 11.2 Å². The van der Waals surface area contributed by atoms with Gasteiger partial charge in [-0.2, -0.15) is 4.98 Å². The van der Waals surface area contributed by atoms with Gasteiger partial charge >= 0.3 is 0 Å². The summed E-state index contributed by atoms with van der Waals surface area (Å²) < 4.78 is 5.22. The first-order valence-corrected chi connectivity index (χ1v) is 9.00. The van der Waals surface area contributed by atoms with Crippen LogP contribution in [0.1, 0.15) is 38.0 Å². The zero-order valence-corrected chi connectivity index (χ0v) is 13.8. The summed E-state index contributed by atoms with van der Waals surface area (Å²) in [5.74, 6) is 1.53. The standard InChI is InChI=1S/C16H22N4O2S/c17-10-11-4-1-2-5-12(11)18-14(21)7-8-15-19-16(20-22-15)13-6-3-9-23-13/h3,6,9,11-12H,1-2,4-5,7-8,10,17H2,(H,18,21). The fourth-order valence-electron chi connectivity index (χ4n) is 3.04. The Morgan fingerprint density at radius 1 is 1.43 bits per heavy atom. The first kappa shape index (κ1) is 16.1. The lowest BCUT2D eigenvalue weighted by Gasteiger charge is -2.31. The Labute approximate surface area is 139 Å². The molecule has 2 heterocycles. The second-order valence-electron chi connectivity index (χ2n) is 5.94. The molecule has 0 bridgehead atoms. The average Bonchev–Trinajstić information content (AvgIpc) is 3.24. The molecule has 2 unspecified atom stereocenters. The largest absolute Gasteiger partial charge is 0.353 e. The molecular formula is C16H22N4O2S. The van der Waals surface area contributed by atoms with Gasteiger partial charge in [0, 0.05) is 18.9 Å². The third-order valence-electron chi connectivity index (χ3n) is 4.33. The van der Waals surface area contributed by atoms with E-state index in [-0.39, 0.29) is 11.9 Å². The molecule has 1 aliphatic rings. The minimum atomic E-state index is 0.0335. The van der Waals surface area contributed by atoms with Crippen LogP contribution in [0.2, 0.25) is 0 Å². The van der Waals surface area contributed by atoms with Gasteiger partial charge in [-0.05, 0) is 36.8 Å². The molecule has 0 aliphatic heterocycles. The number of thiophene rings is 1. The molecule has 0 radical (unpaired) electrons. The summed E-state index contributed by atoms with van der Waals surface area (Å²) in [7, 11) is 0. The molecule has 0 aromatic carbocycles. The Bertz CT molecular complexity index is 626. The Morgan fingerprint density at radius 3 is 3.09 bits per heavy atom. The van der Waals surface area contributed by atoms with Crippen LogP contribution in [0.4, 0.5) is 0 Å². The lowest BCUT2D eigenvalue weighted by Crippen LogP contribution is -2.44. The van der Waals surface area contributed by atoms with Gasteiger partial charge in [0.05, 0.1) is 4.88 Å². The monoisotopic (exact) mass is 334 g/mol. The van der Waals surface area contributed by atoms with Gasteiger partial charge in [-0.25, -0.2) is 0 Å². The molecule has 1 fully saturated rings. The van der Waals surface area contributed by atoms with Crippen molar-refractivity contribution in [2.75, 3.05) is 6.54 Å². The molecule has 124 valence electrons. The van der Waals surface area contributed by atoms with Crippen molar-refractivity contribution in [1.29, 1.82) is 0 Å². The number of aromatic nitrogens is 2. The average molecular weight is 334 g/mol. The van der Waals surface area contributed by atoms with Gasteiger partial charge < -0.3 is 15.6 Å². The van der Waals surface area contributed by atoms with Crippen molar-refractivity contribution in [3.63, 3.8) is 0 Å².